The number of benzene rings is 1. The van der Waals surface area contributed by atoms with E-state index in [9.17, 15) is 8.78 Å². The van der Waals surface area contributed by atoms with Crippen molar-refractivity contribution in [2.24, 2.45) is 5.41 Å². The van der Waals surface area contributed by atoms with E-state index in [1.54, 1.807) is 7.11 Å². The zero-order chi connectivity index (χ0) is 17.3. The average Bonchev–Trinajstić information content (AvgIpc) is 3.01. The molecular formula is C19H26F2N2O. The highest BCUT2D eigenvalue weighted by molar-refractivity contribution is 5.88. The molecule has 3 rings (SSSR count). The van der Waals surface area contributed by atoms with E-state index in [-0.39, 0.29) is 11.8 Å². The van der Waals surface area contributed by atoms with Crippen molar-refractivity contribution in [2.45, 2.75) is 46.1 Å². The lowest BCUT2D eigenvalue weighted by Gasteiger charge is -2.39. The molecule has 1 N–H and O–H groups in total. The van der Waals surface area contributed by atoms with Crippen LogP contribution in [-0.2, 0) is 6.54 Å². The molecule has 1 saturated heterocycles. The lowest BCUT2D eigenvalue weighted by atomic mass is 9.77. The predicted octanol–water partition coefficient (Wildman–Crippen LogP) is 4.74. The zero-order valence-electron chi connectivity index (χ0n) is 14.7. The molecule has 0 atom stereocenters. The SMILES string of the molecule is COc1cc(C)c2[nH]ccc2c1CN1CCC(C)(CC(F)F)CC1. The number of aromatic nitrogens is 1. The van der Waals surface area contributed by atoms with E-state index >= 15 is 0 Å². The molecule has 2 heterocycles. The summed E-state index contributed by atoms with van der Waals surface area (Å²) in [4.78, 5) is 5.65. The zero-order valence-corrected chi connectivity index (χ0v) is 14.7. The third-order valence-electron chi connectivity index (χ3n) is 5.42. The van der Waals surface area contributed by atoms with Crippen LogP contribution in [0.15, 0.2) is 18.3 Å². The average molecular weight is 336 g/mol. The Morgan fingerprint density at radius 3 is 2.67 bits per heavy atom. The summed E-state index contributed by atoms with van der Waals surface area (Å²) >= 11 is 0. The van der Waals surface area contributed by atoms with Crippen LogP contribution >= 0.6 is 0 Å². The summed E-state index contributed by atoms with van der Waals surface area (Å²) in [6, 6.07) is 4.16. The van der Waals surface area contributed by atoms with Gasteiger partial charge in [0.1, 0.15) is 5.75 Å². The van der Waals surface area contributed by atoms with Gasteiger partial charge in [-0.3, -0.25) is 4.90 Å². The highest BCUT2D eigenvalue weighted by Gasteiger charge is 2.33. The minimum absolute atomic E-state index is 0.0107. The van der Waals surface area contributed by atoms with Crippen LogP contribution in [-0.4, -0.2) is 36.5 Å². The summed E-state index contributed by atoms with van der Waals surface area (Å²) in [6.45, 7) is 6.57. The summed E-state index contributed by atoms with van der Waals surface area (Å²) in [5, 5.41) is 1.19. The summed E-state index contributed by atoms with van der Waals surface area (Å²) in [5.41, 5.74) is 3.26. The fourth-order valence-electron chi connectivity index (χ4n) is 3.83. The molecule has 1 aromatic carbocycles. The Labute approximate surface area is 142 Å². The predicted molar refractivity (Wildman–Crippen MR) is 92.8 cm³/mol. The molecule has 0 bridgehead atoms. The van der Waals surface area contributed by atoms with E-state index in [1.165, 1.54) is 16.5 Å². The number of piperidine rings is 1. The molecule has 0 unspecified atom stereocenters. The van der Waals surface area contributed by atoms with Crippen molar-refractivity contribution in [1.29, 1.82) is 0 Å². The van der Waals surface area contributed by atoms with Gasteiger partial charge >= 0.3 is 0 Å². The number of hydrogen-bond acceptors (Lipinski definition) is 2. The molecule has 1 aromatic heterocycles. The van der Waals surface area contributed by atoms with E-state index < -0.39 is 6.43 Å². The minimum Gasteiger partial charge on any atom is -0.496 e. The number of nitrogens with one attached hydrogen (secondary N) is 1. The molecular weight excluding hydrogens is 310 g/mol. The lowest BCUT2D eigenvalue weighted by molar-refractivity contribution is 0.0347. The highest BCUT2D eigenvalue weighted by Crippen LogP contribution is 2.38. The number of ether oxygens (including phenoxy) is 1. The molecule has 24 heavy (non-hydrogen) atoms. The molecule has 1 aliphatic rings. The van der Waals surface area contributed by atoms with Gasteiger partial charge in [-0.15, -0.1) is 0 Å². The first-order chi connectivity index (χ1) is 11.4. The maximum Gasteiger partial charge on any atom is 0.239 e. The van der Waals surface area contributed by atoms with Crippen LogP contribution in [0.5, 0.6) is 5.75 Å². The first-order valence-electron chi connectivity index (χ1n) is 8.56. The number of H-pyrrole nitrogens is 1. The molecule has 0 amide bonds. The molecule has 1 fully saturated rings. The standard InChI is InChI=1S/C19H26F2N2O/c1-13-10-16(24-3)15(14-4-7-22-18(13)14)12-23-8-5-19(2,6-9-23)11-17(20)21/h4,7,10,17,22H,5-6,8-9,11-12H2,1-3H3. The fourth-order valence-corrected chi connectivity index (χ4v) is 3.83. The molecule has 2 aromatic rings. The van der Waals surface area contributed by atoms with Gasteiger partial charge in [-0.05, 0) is 56.0 Å². The molecule has 3 nitrogen and oxygen atoms in total. The molecule has 0 saturated carbocycles. The van der Waals surface area contributed by atoms with E-state index in [2.05, 4.69) is 28.9 Å². The van der Waals surface area contributed by atoms with Gasteiger partial charge in [0.15, 0.2) is 0 Å². The number of aryl methyl sites for hydroxylation is 1. The van der Waals surface area contributed by atoms with E-state index in [4.69, 9.17) is 4.74 Å². The Morgan fingerprint density at radius 2 is 2.04 bits per heavy atom. The Bertz CT molecular complexity index is 703. The van der Waals surface area contributed by atoms with Crippen molar-refractivity contribution in [2.75, 3.05) is 20.2 Å². The maximum atomic E-state index is 12.8. The number of alkyl halides is 2. The summed E-state index contributed by atoms with van der Waals surface area (Å²) in [7, 11) is 1.70. The third-order valence-corrected chi connectivity index (χ3v) is 5.42. The number of halogens is 2. The molecule has 0 aliphatic carbocycles. The van der Waals surface area contributed by atoms with Crippen molar-refractivity contribution in [3.8, 4) is 5.75 Å². The summed E-state index contributed by atoms with van der Waals surface area (Å²) in [5.74, 6) is 0.903. The van der Waals surface area contributed by atoms with Gasteiger partial charge < -0.3 is 9.72 Å². The number of rotatable bonds is 5. The van der Waals surface area contributed by atoms with Crippen LogP contribution < -0.4 is 4.74 Å². The number of fused-ring (bicyclic) bond motifs is 1. The van der Waals surface area contributed by atoms with E-state index in [0.717, 1.165) is 43.7 Å². The normalized spacial score (nSPS) is 18.4. The fraction of sp³-hybridized carbons (Fsp3) is 0.579. The van der Waals surface area contributed by atoms with Crippen molar-refractivity contribution in [1.82, 2.24) is 9.88 Å². The largest absolute Gasteiger partial charge is 0.496 e. The topological polar surface area (TPSA) is 28.3 Å². The number of methoxy groups -OCH3 is 1. The van der Waals surface area contributed by atoms with Gasteiger partial charge in [-0.25, -0.2) is 8.78 Å². The second kappa shape index (κ2) is 6.71. The lowest BCUT2D eigenvalue weighted by Crippen LogP contribution is -2.39. The van der Waals surface area contributed by atoms with Crippen molar-refractivity contribution in [3.05, 3.63) is 29.5 Å². The molecule has 132 valence electrons. The van der Waals surface area contributed by atoms with Gasteiger partial charge in [-0.1, -0.05) is 6.92 Å². The summed E-state index contributed by atoms with van der Waals surface area (Å²) in [6.07, 6.45) is 1.40. The number of nitrogens with zero attached hydrogens (tertiary/aromatic N) is 1. The number of aromatic amines is 1. The second-order valence-electron chi connectivity index (χ2n) is 7.32. The Kier molecular flexibility index (Phi) is 4.81. The van der Waals surface area contributed by atoms with E-state index in [1.807, 2.05) is 13.1 Å². The van der Waals surface area contributed by atoms with Crippen molar-refractivity contribution in [3.63, 3.8) is 0 Å². The van der Waals surface area contributed by atoms with E-state index in [0.29, 0.717) is 0 Å². The Morgan fingerprint density at radius 1 is 1.33 bits per heavy atom. The molecule has 0 spiro atoms. The van der Waals surface area contributed by atoms with Crippen LogP contribution in [0, 0.1) is 12.3 Å². The minimum atomic E-state index is -2.21. The first kappa shape index (κ1) is 17.2. The quantitative estimate of drug-likeness (QED) is 0.854. The van der Waals surface area contributed by atoms with Gasteiger partial charge in [0.25, 0.3) is 0 Å². The van der Waals surface area contributed by atoms with Gasteiger partial charge in [0, 0.05) is 35.6 Å². The Balaban J connectivity index is 1.77. The van der Waals surface area contributed by atoms with Gasteiger partial charge in [0.05, 0.1) is 7.11 Å². The molecule has 0 radical (unpaired) electrons. The maximum absolute atomic E-state index is 12.8. The van der Waals surface area contributed by atoms with Gasteiger partial charge in [0.2, 0.25) is 6.43 Å². The van der Waals surface area contributed by atoms with Crippen LogP contribution in [0.1, 0.15) is 37.3 Å². The van der Waals surface area contributed by atoms with Gasteiger partial charge in [-0.2, -0.15) is 0 Å². The van der Waals surface area contributed by atoms with Crippen molar-refractivity contribution < 1.29 is 13.5 Å². The van der Waals surface area contributed by atoms with Crippen LogP contribution in [0.4, 0.5) is 8.78 Å². The highest BCUT2D eigenvalue weighted by atomic mass is 19.3. The molecule has 5 heteroatoms. The Hall–Kier alpha value is -1.62. The first-order valence-corrected chi connectivity index (χ1v) is 8.56. The smallest absolute Gasteiger partial charge is 0.239 e. The second-order valence-corrected chi connectivity index (χ2v) is 7.32. The summed E-state index contributed by atoms with van der Waals surface area (Å²) < 4.78 is 31.1. The molecule has 1 aliphatic heterocycles. The van der Waals surface area contributed by atoms with Crippen LogP contribution in [0.25, 0.3) is 10.9 Å². The monoisotopic (exact) mass is 336 g/mol. The third kappa shape index (κ3) is 3.41. The van der Waals surface area contributed by atoms with Crippen molar-refractivity contribution >= 4 is 10.9 Å². The van der Waals surface area contributed by atoms with Crippen LogP contribution in [0.2, 0.25) is 0 Å². The number of likely N-dealkylation sites (tertiary alicyclic amines) is 1. The van der Waals surface area contributed by atoms with Crippen LogP contribution in [0.3, 0.4) is 0 Å². The number of hydrogen-bond donors (Lipinski definition) is 1.